The molecule has 1 aliphatic rings. The van der Waals surface area contributed by atoms with Gasteiger partial charge in [-0.05, 0) is 46.2 Å². The molecular weight excluding hydrogens is 491 g/mol. The Bertz CT molecular complexity index is 1450. The van der Waals surface area contributed by atoms with Crippen molar-refractivity contribution in [2.45, 2.75) is 39.5 Å². The van der Waals surface area contributed by atoms with Gasteiger partial charge in [-0.1, -0.05) is 26.0 Å². The lowest BCUT2D eigenvalue weighted by atomic mass is 9.99. The highest BCUT2D eigenvalue weighted by Gasteiger charge is 2.30. The monoisotopic (exact) mass is 522 g/mol. The number of aromatic nitrogens is 5. The minimum atomic E-state index is -0.301. The largest absolute Gasteiger partial charge is 0.486 e. The van der Waals surface area contributed by atoms with E-state index in [4.69, 9.17) is 14.2 Å². The van der Waals surface area contributed by atoms with Gasteiger partial charge in [0.15, 0.2) is 17.3 Å². The van der Waals surface area contributed by atoms with E-state index in [0.717, 1.165) is 10.9 Å². The average Bonchev–Trinajstić information content (AvgIpc) is 3.35. The zero-order valence-corrected chi connectivity index (χ0v) is 21.7. The maximum Gasteiger partial charge on any atom is 0.252 e. The fraction of sp³-hybridized carbons (Fsp3) is 0.407. The van der Waals surface area contributed by atoms with Crippen molar-refractivity contribution in [3.05, 3.63) is 75.6 Å². The number of fused-ring (bicyclic) bond motifs is 2. The van der Waals surface area contributed by atoms with Crippen LogP contribution in [0.25, 0.3) is 10.9 Å². The molecule has 4 aromatic rings. The van der Waals surface area contributed by atoms with Crippen LogP contribution >= 0.6 is 0 Å². The van der Waals surface area contributed by atoms with E-state index in [1.54, 1.807) is 30.0 Å². The average molecular weight is 523 g/mol. The summed E-state index contributed by atoms with van der Waals surface area (Å²) in [4.78, 5) is 18.4. The molecule has 1 N–H and O–H groups in total. The van der Waals surface area contributed by atoms with Crippen molar-refractivity contribution in [3.8, 4) is 11.5 Å². The fourth-order valence-electron chi connectivity index (χ4n) is 4.84. The van der Waals surface area contributed by atoms with Gasteiger partial charge in [-0.2, -0.15) is 0 Å². The van der Waals surface area contributed by atoms with Crippen LogP contribution in [0.1, 0.15) is 36.8 Å². The Morgan fingerprint density at radius 1 is 1.11 bits per heavy atom. The molecule has 1 unspecified atom stereocenters. The Kier molecular flexibility index (Phi) is 7.66. The third kappa shape index (κ3) is 5.53. The number of hydrogen-bond donors (Lipinski definition) is 1. The molecule has 2 aromatic carbocycles. The smallest absolute Gasteiger partial charge is 0.252 e. The van der Waals surface area contributed by atoms with E-state index >= 15 is 0 Å². The van der Waals surface area contributed by atoms with Gasteiger partial charge in [0.05, 0.1) is 24.7 Å². The molecule has 1 atom stereocenters. The molecule has 2 aromatic heterocycles. The predicted molar refractivity (Wildman–Crippen MR) is 138 cm³/mol. The van der Waals surface area contributed by atoms with E-state index in [1.807, 2.05) is 12.1 Å². The Morgan fingerprint density at radius 2 is 1.84 bits per heavy atom. The normalized spacial score (nSPS) is 13.9. The molecule has 1 aliphatic heterocycles. The second kappa shape index (κ2) is 11.3. The molecule has 10 nitrogen and oxygen atoms in total. The molecule has 0 amide bonds. The van der Waals surface area contributed by atoms with Crippen LogP contribution in [-0.4, -0.2) is 57.0 Å². The second-order valence-corrected chi connectivity index (χ2v) is 9.68. The van der Waals surface area contributed by atoms with E-state index in [9.17, 15) is 9.18 Å². The number of methoxy groups -OCH3 is 1. The topological polar surface area (TPSA) is 107 Å². The highest BCUT2D eigenvalue weighted by atomic mass is 19.1. The molecule has 0 fully saturated rings. The lowest BCUT2D eigenvalue weighted by molar-refractivity contribution is 0.121. The maximum atomic E-state index is 13.7. The summed E-state index contributed by atoms with van der Waals surface area (Å²) in [5, 5.41) is 13.3. The van der Waals surface area contributed by atoms with Crippen LogP contribution in [0.5, 0.6) is 11.5 Å². The van der Waals surface area contributed by atoms with E-state index in [0.29, 0.717) is 67.9 Å². The summed E-state index contributed by atoms with van der Waals surface area (Å²) >= 11 is 0. The third-order valence-corrected chi connectivity index (χ3v) is 6.61. The standard InChI is InChI=1S/C27H31FN6O4/c1-17(2)25(26-30-31-32-34(26)8-9-36-3)33(15-18-4-6-21(28)7-5-18)16-20-12-19-13-23-24(38-11-10-37-23)14-22(19)29-27(20)35/h4-7,12-14,17,25H,8-11,15-16H2,1-3H3,(H,29,35). The SMILES string of the molecule is COCCn1nnnc1C(C(C)C)N(Cc1ccc(F)cc1)Cc1cc2cc3c(cc2[nH]c1=O)OCCO3. The van der Waals surface area contributed by atoms with Crippen molar-refractivity contribution in [1.82, 2.24) is 30.1 Å². The van der Waals surface area contributed by atoms with Crippen LogP contribution in [-0.2, 0) is 24.4 Å². The van der Waals surface area contributed by atoms with E-state index in [-0.39, 0.29) is 23.3 Å². The lowest BCUT2D eigenvalue weighted by Gasteiger charge is -2.33. The van der Waals surface area contributed by atoms with Crippen molar-refractivity contribution in [2.75, 3.05) is 26.9 Å². The third-order valence-electron chi connectivity index (χ3n) is 6.61. The van der Waals surface area contributed by atoms with Crippen LogP contribution in [0.2, 0.25) is 0 Å². The van der Waals surface area contributed by atoms with Gasteiger partial charge in [-0.15, -0.1) is 5.10 Å². The van der Waals surface area contributed by atoms with Crippen LogP contribution < -0.4 is 15.0 Å². The number of ether oxygens (including phenoxy) is 3. The minimum Gasteiger partial charge on any atom is -0.486 e. The molecule has 200 valence electrons. The number of H-pyrrole nitrogens is 1. The number of nitrogens with zero attached hydrogens (tertiary/aromatic N) is 5. The molecule has 0 saturated heterocycles. The Balaban J connectivity index is 1.54. The second-order valence-electron chi connectivity index (χ2n) is 9.68. The number of pyridine rings is 1. The number of halogens is 1. The Hall–Kier alpha value is -3.83. The number of aromatic amines is 1. The van der Waals surface area contributed by atoms with E-state index in [2.05, 4.69) is 39.3 Å². The summed E-state index contributed by atoms with van der Waals surface area (Å²) in [7, 11) is 1.63. The molecule has 0 bridgehead atoms. The molecule has 38 heavy (non-hydrogen) atoms. The van der Waals surface area contributed by atoms with Crippen molar-refractivity contribution >= 4 is 10.9 Å². The van der Waals surface area contributed by atoms with E-state index in [1.165, 1.54) is 12.1 Å². The first-order valence-electron chi connectivity index (χ1n) is 12.6. The minimum absolute atomic E-state index is 0.0971. The summed E-state index contributed by atoms with van der Waals surface area (Å²) in [6.45, 7) is 6.86. The first kappa shape index (κ1) is 25.8. The number of hydrogen-bond acceptors (Lipinski definition) is 8. The van der Waals surface area contributed by atoms with Crippen molar-refractivity contribution in [1.29, 1.82) is 0 Å². The summed E-state index contributed by atoms with van der Waals surface area (Å²) in [5.74, 6) is 1.75. The van der Waals surface area contributed by atoms with Crippen molar-refractivity contribution in [3.63, 3.8) is 0 Å². The van der Waals surface area contributed by atoms with Crippen LogP contribution in [0.15, 0.2) is 47.3 Å². The fourth-order valence-corrected chi connectivity index (χ4v) is 4.84. The predicted octanol–water partition coefficient (Wildman–Crippen LogP) is 3.47. The molecule has 0 radical (unpaired) electrons. The summed E-state index contributed by atoms with van der Waals surface area (Å²) < 4.78 is 32.0. The van der Waals surface area contributed by atoms with Gasteiger partial charge in [0.1, 0.15) is 19.0 Å². The number of tetrazole rings is 1. The maximum absolute atomic E-state index is 13.7. The van der Waals surface area contributed by atoms with Gasteiger partial charge in [0.25, 0.3) is 5.56 Å². The molecule has 3 heterocycles. The first-order valence-corrected chi connectivity index (χ1v) is 12.6. The van der Waals surface area contributed by atoms with Gasteiger partial charge in [-0.3, -0.25) is 9.69 Å². The summed E-state index contributed by atoms with van der Waals surface area (Å²) in [5.41, 5.74) is 1.97. The summed E-state index contributed by atoms with van der Waals surface area (Å²) in [6.07, 6.45) is 0. The molecule has 5 rings (SSSR count). The molecular formula is C27H31FN6O4. The number of rotatable bonds is 10. The first-order chi connectivity index (χ1) is 18.4. The zero-order valence-electron chi connectivity index (χ0n) is 21.7. The molecule has 0 saturated carbocycles. The van der Waals surface area contributed by atoms with Crippen LogP contribution in [0, 0.1) is 11.7 Å². The van der Waals surface area contributed by atoms with Gasteiger partial charge in [-0.25, -0.2) is 9.07 Å². The van der Waals surface area contributed by atoms with Gasteiger partial charge in [0.2, 0.25) is 0 Å². The Morgan fingerprint density at radius 3 is 2.55 bits per heavy atom. The zero-order chi connectivity index (χ0) is 26.6. The summed E-state index contributed by atoms with van der Waals surface area (Å²) in [6, 6.07) is 11.7. The van der Waals surface area contributed by atoms with Crippen molar-refractivity contribution < 1.29 is 18.6 Å². The van der Waals surface area contributed by atoms with E-state index < -0.39 is 0 Å². The molecule has 0 spiro atoms. The van der Waals surface area contributed by atoms with Gasteiger partial charge in [0, 0.05) is 37.2 Å². The molecule has 0 aliphatic carbocycles. The highest BCUT2D eigenvalue weighted by molar-refractivity contribution is 5.83. The van der Waals surface area contributed by atoms with Crippen LogP contribution in [0.4, 0.5) is 4.39 Å². The lowest BCUT2D eigenvalue weighted by Crippen LogP contribution is -2.35. The highest BCUT2D eigenvalue weighted by Crippen LogP contribution is 2.34. The number of nitrogens with one attached hydrogen (secondary N) is 1. The molecule has 11 heteroatoms. The van der Waals surface area contributed by atoms with Gasteiger partial charge < -0.3 is 19.2 Å². The quantitative estimate of drug-likeness (QED) is 0.337. The van der Waals surface area contributed by atoms with Crippen LogP contribution in [0.3, 0.4) is 0 Å². The Labute approximate surface area is 219 Å². The number of benzene rings is 2. The van der Waals surface area contributed by atoms with Gasteiger partial charge >= 0.3 is 0 Å². The van der Waals surface area contributed by atoms with Crippen molar-refractivity contribution in [2.24, 2.45) is 5.92 Å².